The number of nitrogens with one attached hydrogen (secondary N) is 2. The molecule has 154 valence electrons. The zero-order valence-electron chi connectivity index (χ0n) is 16.5. The van der Waals surface area contributed by atoms with Crippen molar-refractivity contribution in [3.05, 3.63) is 35.4 Å². The molecule has 7 heteroatoms. The average Bonchev–Trinajstić information content (AvgIpc) is 3.18. The van der Waals surface area contributed by atoms with Crippen molar-refractivity contribution in [1.29, 1.82) is 0 Å². The molecule has 2 aliphatic rings. The number of carbonyl (C=O) groups is 1. The van der Waals surface area contributed by atoms with Crippen LogP contribution in [0.2, 0.25) is 0 Å². The van der Waals surface area contributed by atoms with Gasteiger partial charge in [-0.3, -0.25) is 9.79 Å². The van der Waals surface area contributed by atoms with E-state index in [1.807, 2.05) is 4.90 Å². The van der Waals surface area contributed by atoms with E-state index in [1.54, 1.807) is 7.05 Å². The Kier molecular flexibility index (Phi) is 7.23. The topological polar surface area (TPSA) is 56.7 Å². The van der Waals surface area contributed by atoms with Crippen molar-refractivity contribution in [2.24, 2.45) is 10.9 Å². The highest BCUT2D eigenvalue weighted by molar-refractivity contribution is 5.81. The number of nitrogens with zero attached hydrogens (tertiary/aromatic N) is 2. The van der Waals surface area contributed by atoms with E-state index in [9.17, 15) is 13.6 Å². The summed E-state index contributed by atoms with van der Waals surface area (Å²) in [4.78, 5) is 18.8. The Bertz CT molecular complexity index is 683. The molecule has 0 radical (unpaired) electrons. The van der Waals surface area contributed by atoms with Gasteiger partial charge in [-0.2, -0.15) is 0 Å². The van der Waals surface area contributed by atoms with E-state index in [1.165, 1.54) is 24.6 Å². The van der Waals surface area contributed by atoms with Crippen molar-refractivity contribution in [3.8, 4) is 0 Å². The zero-order chi connectivity index (χ0) is 19.9. The van der Waals surface area contributed by atoms with Crippen molar-refractivity contribution in [2.75, 3.05) is 26.7 Å². The van der Waals surface area contributed by atoms with Crippen LogP contribution in [-0.4, -0.2) is 49.5 Å². The van der Waals surface area contributed by atoms with Crippen LogP contribution >= 0.6 is 0 Å². The molecule has 0 spiro atoms. The van der Waals surface area contributed by atoms with Crippen LogP contribution < -0.4 is 10.6 Å². The SMILES string of the molecule is CN=C(NCCc1c(F)cccc1F)NC1CCN(C(=O)C2CCCCC2)C1. The largest absolute Gasteiger partial charge is 0.356 e. The van der Waals surface area contributed by atoms with Crippen LogP contribution in [0.25, 0.3) is 0 Å². The Labute approximate surface area is 165 Å². The summed E-state index contributed by atoms with van der Waals surface area (Å²) < 4.78 is 27.4. The van der Waals surface area contributed by atoms with Crippen molar-refractivity contribution in [1.82, 2.24) is 15.5 Å². The summed E-state index contributed by atoms with van der Waals surface area (Å²) in [5, 5.41) is 6.44. The lowest BCUT2D eigenvalue weighted by Gasteiger charge is -2.26. The van der Waals surface area contributed by atoms with Gasteiger partial charge in [-0.15, -0.1) is 0 Å². The fraction of sp³-hybridized carbons (Fsp3) is 0.619. The van der Waals surface area contributed by atoms with Crippen LogP contribution in [0.3, 0.4) is 0 Å². The first-order valence-electron chi connectivity index (χ1n) is 10.3. The van der Waals surface area contributed by atoms with Gasteiger partial charge in [0.05, 0.1) is 0 Å². The average molecular weight is 392 g/mol. The zero-order valence-corrected chi connectivity index (χ0v) is 16.5. The third-order valence-corrected chi connectivity index (χ3v) is 5.75. The molecule has 1 atom stereocenters. The number of aliphatic imine (C=N–C) groups is 1. The van der Waals surface area contributed by atoms with E-state index in [0.29, 0.717) is 25.0 Å². The van der Waals surface area contributed by atoms with Crippen LogP contribution in [0.4, 0.5) is 8.78 Å². The minimum Gasteiger partial charge on any atom is -0.356 e. The maximum Gasteiger partial charge on any atom is 0.225 e. The number of likely N-dealkylation sites (tertiary alicyclic amines) is 1. The Morgan fingerprint density at radius 1 is 1.18 bits per heavy atom. The molecule has 1 unspecified atom stereocenters. The molecule has 1 aromatic rings. The molecular formula is C21H30F2N4O. The van der Waals surface area contributed by atoms with Crippen LogP contribution in [0, 0.1) is 17.6 Å². The molecule has 2 fully saturated rings. The Morgan fingerprint density at radius 2 is 1.89 bits per heavy atom. The number of amides is 1. The summed E-state index contributed by atoms with van der Waals surface area (Å²) in [5.74, 6) is 0.0195. The van der Waals surface area contributed by atoms with Gasteiger partial charge in [-0.1, -0.05) is 25.3 Å². The van der Waals surface area contributed by atoms with Gasteiger partial charge in [0, 0.05) is 44.2 Å². The van der Waals surface area contributed by atoms with Crippen molar-refractivity contribution < 1.29 is 13.6 Å². The lowest BCUT2D eigenvalue weighted by Crippen LogP contribution is -2.46. The summed E-state index contributed by atoms with van der Waals surface area (Å²) in [6.45, 7) is 1.82. The smallest absolute Gasteiger partial charge is 0.225 e. The molecule has 1 aromatic carbocycles. The van der Waals surface area contributed by atoms with E-state index >= 15 is 0 Å². The molecule has 1 heterocycles. The number of hydrogen-bond donors (Lipinski definition) is 2. The van der Waals surface area contributed by atoms with E-state index in [-0.39, 0.29) is 23.9 Å². The summed E-state index contributed by atoms with van der Waals surface area (Å²) >= 11 is 0. The Morgan fingerprint density at radius 3 is 2.57 bits per heavy atom. The first-order valence-corrected chi connectivity index (χ1v) is 10.3. The number of halogens is 2. The normalized spacial score (nSPS) is 21.0. The van der Waals surface area contributed by atoms with Crippen LogP contribution in [-0.2, 0) is 11.2 Å². The summed E-state index contributed by atoms with van der Waals surface area (Å²) in [5.41, 5.74) is 0.0792. The number of rotatable bonds is 5. The van der Waals surface area contributed by atoms with Crippen molar-refractivity contribution in [2.45, 2.75) is 51.0 Å². The van der Waals surface area contributed by atoms with E-state index in [0.717, 1.165) is 38.6 Å². The van der Waals surface area contributed by atoms with E-state index in [4.69, 9.17) is 0 Å². The van der Waals surface area contributed by atoms with Crippen LogP contribution in [0.5, 0.6) is 0 Å². The molecule has 0 bridgehead atoms. The second kappa shape index (κ2) is 9.85. The second-order valence-corrected chi connectivity index (χ2v) is 7.70. The lowest BCUT2D eigenvalue weighted by atomic mass is 9.88. The fourth-order valence-corrected chi connectivity index (χ4v) is 4.15. The Hall–Kier alpha value is -2.18. The predicted molar refractivity (Wildman–Crippen MR) is 106 cm³/mol. The molecule has 1 aliphatic heterocycles. The minimum atomic E-state index is -0.530. The molecule has 2 N–H and O–H groups in total. The number of guanidine groups is 1. The summed E-state index contributed by atoms with van der Waals surface area (Å²) in [6.07, 6.45) is 6.70. The number of benzene rings is 1. The van der Waals surface area contributed by atoms with Gasteiger partial charge in [0.1, 0.15) is 11.6 Å². The lowest BCUT2D eigenvalue weighted by molar-refractivity contribution is -0.135. The molecule has 0 aromatic heterocycles. The quantitative estimate of drug-likeness (QED) is 0.599. The predicted octanol–water partition coefficient (Wildman–Crippen LogP) is 2.85. The molecule has 1 saturated carbocycles. The van der Waals surface area contributed by atoms with Gasteiger partial charge >= 0.3 is 0 Å². The molecule has 1 aliphatic carbocycles. The molecule has 3 rings (SSSR count). The van der Waals surface area contributed by atoms with Gasteiger partial charge in [0.15, 0.2) is 5.96 Å². The van der Waals surface area contributed by atoms with Crippen LogP contribution in [0.1, 0.15) is 44.1 Å². The molecule has 1 saturated heterocycles. The minimum absolute atomic E-state index is 0.0792. The monoisotopic (exact) mass is 392 g/mol. The molecule has 1 amide bonds. The summed E-state index contributed by atoms with van der Waals surface area (Å²) in [7, 11) is 1.67. The van der Waals surface area contributed by atoms with Gasteiger partial charge in [-0.05, 0) is 37.8 Å². The van der Waals surface area contributed by atoms with E-state index in [2.05, 4.69) is 15.6 Å². The molecular weight excluding hydrogens is 362 g/mol. The third-order valence-electron chi connectivity index (χ3n) is 5.75. The highest BCUT2D eigenvalue weighted by atomic mass is 19.1. The fourth-order valence-electron chi connectivity index (χ4n) is 4.15. The standard InChI is InChI=1S/C21H30F2N4O/c1-24-21(25-12-10-17-18(22)8-5-9-19(17)23)26-16-11-13-27(14-16)20(28)15-6-3-2-4-7-15/h5,8-9,15-16H,2-4,6-7,10-14H2,1H3,(H2,24,25,26). The first kappa shape index (κ1) is 20.6. The third kappa shape index (κ3) is 5.20. The number of hydrogen-bond acceptors (Lipinski definition) is 2. The van der Waals surface area contributed by atoms with Crippen LogP contribution in [0.15, 0.2) is 23.2 Å². The van der Waals surface area contributed by atoms with Crippen molar-refractivity contribution in [3.63, 3.8) is 0 Å². The maximum absolute atomic E-state index is 13.7. The maximum atomic E-state index is 13.7. The van der Waals surface area contributed by atoms with Crippen molar-refractivity contribution >= 4 is 11.9 Å². The summed E-state index contributed by atoms with van der Waals surface area (Å²) in [6, 6.07) is 4.04. The Balaban J connectivity index is 1.44. The molecule has 5 nitrogen and oxygen atoms in total. The van der Waals surface area contributed by atoms with E-state index < -0.39 is 11.6 Å². The van der Waals surface area contributed by atoms with Gasteiger partial charge in [0.25, 0.3) is 0 Å². The first-order chi connectivity index (χ1) is 13.6. The molecule has 28 heavy (non-hydrogen) atoms. The highest BCUT2D eigenvalue weighted by Crippen LogP contribution is 2.26. The van der Waals surface area contributed by atoms with Gasteiger partial charge in [0.2, 0.25) is 5.91 Å². The number of carbonyl (C=O) groups excluding carboxylic acids is 1. The van der Waals surface area contributed by atoms with Gasteiger partial charge in [-0.25, -0.2) is 8.78 Å². The van der Waals surface area contributed by atoms with Gasteiger partial charge < -0.3 is 15.5 Å². The highest BCUT2D eigenvalue weighted by Gasteiger charge is 2.31. The second-order valence-electron chi connectivity index (χ2n) is 7.70.